The molecule has 0 radical (unpaired) electrons. The standard InChI is InChI=1S/C13H18FN3/c1-3-4-7-10(15)13-16-12-9(14)6-5-8-11(12)17(13)2/h5-6,8,10H,3-4,7,15H2,1-2H3. The van der Waals surface area contributed by atoms with Crippen LogP contribution in [0.15, 0.2) is 18.2 Å². The number of halogens is 1. The van der Waals surface area contributed by atoms with E-state index in [0.717, 1.165) is 30.6 Å². The van der Waals surface area contributed by atoms with Crippen LogP contribution in [-0.4, -0.2) is 9.55 Å². The highest BCUT2D eigenvalue weighted by Gasteiger charge is 2.16. The Morgan fingerprint density at radius 1 is 1.47 bits per heavy atom. The van der Waals surface area contributed by atoms with Crippen LogP contribution in [0, 0.1) is 5.82 Å². The van der Waals surface area contributed by atoms with E-state index in [1.165, 1.54) is 6.07 Å². The number of hydrogen-bond donors (Lipinski definition) is 1. The number of unbranched alkanes of at least 4 members (excludes halogenated alkanes) is 1. The lowest BCUT2D eigenvalue weighted by atomic mass is 10.1. The molecule has 0 saturated carbocycles. The Morgan fingerprint density at radius 3 is 2.88 bits per heavy atom. The largest absolute Gasteiger partial charge is 0.330 e. The molecule has 1 unspecified atom stereocenters. The molecule has 1 heterocycles. The van der Waals surface area contributed by atoms with Gasteiger partial charge in [0.05, 0.1) is 11.6 Å². The number of para-hydroxylation sites is 1. The van der Waals surface area contributed by atoms with Crippen molar-refractivity contribution in [3.05, 3.63) is 29.8 Å². The molecule has 1 aromatic carbocycles. The first-order valence-corrected chi connectivity index (χ1v) is 6.01. The molecule has 0 spiro atoms. The maximum Gasteiger partial charge on any atom is 0.151 e. The molecule has 0 saturated heterocycles. The van der Waals surface area contributed by atoms with E-state index in [2.05, 4.69) is 11.9 Å². The zero-order chi connectivity index (χ0) is 12.4. The Labute approximate surface area is 100 Å². The summed E-state index contributed by atoms with van der Waals surface area (Å²) in [6.45, 7) is 2.13. The van der Waals surface area contributed by atoms with Crippen LogP contribution in [-0.2, 0) is 7.05 Å². The van der Waals surface area contributed by atoms with E-state index in [-0.39, 0.29) is 11.9 Å². The smallest absolute Gasteiger partial charge is 0.151 e. The lowest BCUT2D eigenvalue weighted by molar-refractivity contribution is 0.560. The van der Waals surface area contributed by atoms with Crippen LogP contribution in [0.3, 0.4) is 0 Å². The lowest BCUT2D eigenvalue weighted by Crippen LogP contribution is -2.15. The maximum atomic E-state index is 13.6. The van der Waals surface area contributed by atoms with Crippen LogP contribution in [0.25, 0.3) is 11.0 Å². The highest BCUT2D eigenvalue weighted by atomic mass is 19.1. The summed E-state index contributed by atoms with van der Waals surface area (Å²) in [6, 6.07) is 4.87. The summed E-state index contributed by atoms with van der Waals surface area (Å²) < 4.78 is 15.5. The fourth-order valence-corrected chi connectivity index (χ4v) is 2.08. The van der Waals surface area contributed by atoms with Gasteiger partial charge in [-0.15, -0.1) is 0 Å². The normalized spacial score (nSPS) is 13.2. The Balaban J connectivity index is 2.41. The number of rotatable bonds is 4. The zero-order valence-electron chi connectivity index (χ0n) is 10.3. The third kappa shape index (κ3) is 2.17. The quantitative estimate of drug-likeness (QED) is 0.885. The minimum Gasteiger partial charge on any atom is -0.330 e. The molecule has 0 fully saturated rings. The molecule has 92 valence electrons. The molecule has 0 aliphatic rings. The minimum absolute atomic E-state index is 0.119. The third-order valence-corrected chi connectivity index (χ3v) is 3.10. The van der Waals surface area contributed by atoms with Crippen molar-refractivity contribution in [3.8, 4) is 0 Å². The Bertz CT molecular complexity index is 519. The molecule has 0 amide bonds. The molecule has 1 aromatic heterocycles. The van der Waals surface area contributed by atoms with E-state index in [9.17, 15) is 4.39 Å². The fraction of sp³-hybridized carbons (Fsp3) is 0.462. The van der Waals surface area contributed by atoms with E-state index in [1.807, 2.05) is 17.7 Å². The van der Waals surface area contributed by atoms with Gasteiger partial charge in [0.25, 0.3) is 0 Å². The summed E-state index contributed by atoms with van der Waals surface area (Å²) in [5.41, 5.74) is 7.30. The van der Waals surface area contributed by atoms with Crippen molar-refractivity contribution in [1.82, 2.24) is 9.55 Å². The molecule has 2 N–H and O–H groups in total. The Morgan fingerprint density at radius 2 is 2.24 bits per heavy atom. The number of hydrogen-bond acceptors (Lipinski definition) is 2. The minimum atomic E-state index is -0.285. The van der Waals surface area contributed by atoms with E-state index in [1.54, 1.807) is 6.07 Å². The summed E-state index contributed by atoms with van der Waals surface area (Å²) in [6.07, 6.45) is 3.05. The van der Waals surface area contributed by atoms with Gasteiger partial charge in [-0.05, 0) is 18.6 Å². The molecule has 0 aliphatic carbocycles. The van der Waals surface area contributed by atoms with E-state index in [0.29, 0.717) is 5.52 Å². The SMILES string of the molecule is CCCCC(N)c1nc2c(F)cccc2n1C. The van der Waals surface area contributed by atoms with Gasteiger partial charge in [-0.25, -0.2) is 9.37 Å². The van der Waals surface area contributed by atoms with Crippen molar-refractivity contribution >= 4 is 11.0 Å². The molecule has 4 heteroatoms. The van der Waals surface area contributed by atoms with E-state index < -0.39 is 0 Å². The van der Waals surface area contributed by atoms with E-state index in [4.69, 9.17) is 5.73 Å². The zero-order valence-corrected chi connectivity index (χ0v) is 10.3. The molecule has 0 aliphatic heterocycles. The van der Waals surface area contributed by atoms with Crippen LogP contribution in [0.2, 0.25) is 0 Å². The van der Waals surface area contributed by atoms with Crippen LogP contribution in [0.1, 0.15) is 38.1 Å². The van der Waals surface area contributed by atoms with Crippen molar-refractivity contribution in [2.75, 3.05) is 0 Å². The van der Waals surface area contributed by atoms with Gasteiger partial charge < -0.3 is 10.3 Å². The monoisotopic (exact) mass is 235 g/mol. The topological polar surface area (TPSA) is 43.8 Å². The third-order valence-electron chi connectivity index (χ3n) is 3.10. The number of imidazole rings is 1. The summed E-state index contributed by atoms with van der Waals surface area (Å²) in [4.78, 5) is 4.33. The average molecular weight is 235 g/mol. The molecule has 2 aromatic rings. The fourth-order valence-electron chi connectivity index (χ4n) is 2.08. The molecule has 1 atom stereocenters. The van der Waals surface area contributed by atoms with E-state index >= 15 is 0 Å². The predicted octanol–water partition coefficient (Wildman–Crippen LogP) is 2.90. The average Bonchev–Trinajstić information content (AvgIpc) is 2.66. The van der Waals surface area contributed by atoms with Crippen molar-refractivity contribution in [2.24, 2.45) is 12.8 Å². The van der Waals surface area contributed by atoms with Crippen LogP contribution >= 0.6 is 0 Å². The lowest BCUT2D eigenvalue weighted by Gasteiger charge is -2.10. The van der Waals surface area contributed by atoms with Crippen molar-refractivity contribution in [2.45, 2.75) is 32.2 Å². The summed E-state index contributed by atoms with van der Waals surface area (Å²) in [5.74, 6) is 0.477. The van der Waals surface area contributed by atoms with Gasteiger partial charge in [-0.3, -0.25) is 0 Å². The number of fused-ring (bicyclic) bond motifs is 1. The van der Waals surface area contributed by atoms with Gasteiger partial charge in [0.1, 0.15) is 11.3 Å². The second kappa shape index (κ2) is 4.84. The first kappa shape index (κ1) is 12.0. The number of aryl methyl sites for hydroxylation is 1. The Hall–Kier alpha value is -1.42. The van der Waals surface area contributed by atoms with Gasteiger partial charge in [0.2, 0.25) is 0 Å². The second-order valence-electron chi connectivity index (χ2n) is 4.39. The highest BCUT2D eigenvalue weighted by molar-refractivity contribution is 5.76. The summed E-state index contributed by atoms with van der Waals surface area (Å²) in [5, 5.41) is 0. The summed E-state index contributed by atoms with van der Waals surface area (Å²) in [7, 11) is 1.88. The van der Waals surface area contributed by atoms with Gasteiger partial charge in [0, 0.05) is 7.05 Å². The predicted molar refractivity (Wildman–Crippen MR) is 67.1 cm³/mol. The first-order chi connectivity index (χ1) is 8.15. The van der Waals surface area contributed by atoms with Gasteiger partial charge in [-0.2, -0.15) is 0 Å². The van der Waals surface area contributed by atoms with Gasteiger partial charge >= 0.3 is 0 Å². The number of aromatic nitrogens is 2. The Kier molecular flexibility index (Phi) is 3.43. The summed E-state index contributed by atoms with van der Waals surface area (Å²) >= 11 is 0. The molecule has 2 rings (SSSR count). The van der Waals surface area contributed by atoms with Crippen molar-refractivity contribution < 1.29 is 4.39 Å². The highest BCUT2D eigenvalue weighted by Crippen LogP contribution is 2.23. The van der Waals surface area contributed by atoms with Crippen molar-refractivity contribution in [3.63, 3.8) is 0 Å². The molecule has 0 bridgehead atoms. The first-order valence-electron chi connectivity index (χ1n) is 6.01. The molecular formula is C13H18FN3. The van der Waals surface area contributed by atoms with Gasteiger partial charge in [-0.1, -0.05) is 25.8 Å². The number of nitrogens with two attached hydrogens (primary N) is 1. The maximum absolute atomic E-state index is 13.6. The van der Waals surface area contributed by atoms with Crippen LogP contribution in [0.4, 0.5) is 4.39 Å². The number of benzene rings is 1. The molecular weight excluding hydrogens is 217 g/mol. The molecule has 17 heavy (non-hydrogen) atoms. The van der Waals surface area contributed by atoms with Gasteiger partial charge in [0.15, 0.2) is 5.82 Å². The second-order valence-corrected chi connectivity index (χ2v) is 4.39. The van der Waals surface area contributed by atoms with Crippen LogP contribution < -0.4 is 5.73 Å². The van der Waals surface area contributed by atoms with Crippen molar-refractivity contribution in [1.29, 1.82) is 0 Å². The number of nitrogens with zero attached hydrogens (tertiary/aromatic N) is 2. The van der Waals surface area contributed by atoms with Crippen LogP contribution in [0.5, 0.6) is 0 Å². The molecule has 3 nitrogen and oxygen atoms in total.